The number of halogens is 7. The van der Waals surface area contributed by atoms with Crippen molar-refractivity contribution >= 4 is 23.0 Å². The largest absolute Gasteiger partial charge is 0.595 e. The molecule has 2 N–H and O–H groups in total. The molecule has 3 rings (SSSR count). The van der Waals surface area contributed by atoms with E-state index in [4.69, 9.17) is 11.6 Å². The average molecular weight is 426 g/mol. The maximum atomic E-state index is 13.3. The van der Waals surface area contributed by atoms with Crippen LogP contribution in [0.3, 0.4) is 0 Å². The third-order valence-electron chi connectivity index (χ3n) is 3.94. The standard InChI is InChI=1S/C16H10ClF6N3O2/c17-9-2-4-14(27)12(6-9)25-24-7-13(26(25)28)10-3-1-8(15(18,19)20)5-11(10)16(21,22)23/h1-6,24,27H,7H2. The summed E-state index contributed by atoms with van der Waals surface area (Å²) in [6.07, 6.45) is -10.1. The minimum atomic E-state index is -5.13. The van der Waals surface area contributed by atoms with Crippen molar-refractivity contribution in [1.82, 2.24) is 5.43 Å². The van der Waals surface area contributed by atoms with E-state index in [-0.39, 0.29) is 27.4 Å². The Balaban J connectivity index is 2.13. The van der Waals surface area contributed by atoms with Crippen LogP contribution in [0.2, 0.25) is 5.02 Å². The highest BCUT2D eigenvalue weighted by atomic mass is 35.5. The van der Waals surface area contributed by atoms with Gasteiger partial charge in [-0.15, -0.1) is 0 Å². The zero-order valence-corrected chi connectivity index (χ0v) is 14.3. The monoisotopic (exact) mass is 425 g/mol. The third-order valence-corrected chi connectivity index (χ3v) is 4.17. The fraction of sp³-hybridized carbons (Fsp3) is 0.188. The van der Waals surface area contributed by atoms with Gasteiger partial charge in [-0.2, -0.15) is 31.8 Å². The van der Waals surface area contributed by atoms with Gasteiger partial charge in [-0.1, -0.05) is 21.6 Å². The summed E-state index contributed by atoms with van der Waals surface area (Å²) in [7, 11) is 0. The first-order valence-corrected chi connectivity index (χ1v) is 7.91. The summed E-state index contributed by atoms with van der Waals surface area (Å²) in [6.45, 7) is -0.427. The van der Waals surface area contributed by atoms with Crippen LogP contribution in [-0.4, -0.2) is 22.2 Å². The van der Waals surface area contributed by atoms with Crippen LogP contribution in [0.25, 0.3) is 0 Å². The summed E-state index contributed by atoms with van der Waals surface area (Å²) in [5.74, 6) is -0.387. The maximum absolute atomic E-state index is 13.3. The molecular weight excluding hydrogens is 416 g/mol. The van der Waals surface area contributed by atoms with Gasteiger partial charge in [0.05, 0.1) is 16.7 Å². The van der Waals surface area contributed by atoms with Crippen molar-refractivity contribution in [1.29, 1.82) is 0 Å². The van der Waals surface area contributed by atoms with Crippen molar-refractivity contribution in [3.63, 3.8) is 0 Å². The maximum Gasteiger partial charge on any atom is 0.417 e. The smallest absolute Gasteiger partial charge is 0.417 e. The number of alkyl halides is 6. The quantitative estimate of drug-likeness (QED) is 0.427. The van der Waals surface area contributed by atoms with Crippen molar-refractivity contribution in [3.8, 4) is 5.75 Å². The van der Waals surface area contributed by atoms with Crippen LogP contribution in [0, 0.1) is 5.21 Å². The van der Waals surface area contributed by atoms with Gasteiger partial charge in [0.1, 0.15) is 12.3 Å². The first-order valence-electron chi connectivity index (χ1n) is 7.53. The lowest BCUT2D eigenvalue weighted by Gasteiger charge is -2.17. The number of hydrazone groups is 1. The SMILES string of the molecule is [O-][N+]1=C(c2ccc(C(F)(F)F)cc2C(F)(F)F)CNN1c1cc(Cl)ccc1O. The Morgan fingerprint density at radius 3 is 2.32 bits per heavy atom. The Morgan fingerprint density at radius 1 is 1.04 bits per heavy atom. The Hall–Kier alpha value is -2.66. The molecule has 2 aromatic carbocycles. The third kappa shape index (κ3) is 3.67. The second-order valence-corrected chi connectivity index (χ2v) is 6.19. The number of anilines is 1. The summed E-state index contributed by atoms with van der Waals surface area (Å²) in [5, 5.41) is 23.2. The Labute approximate surface area is 158 Å². The number of hydrazine groups is 2. The average Bonchev–Trinajstić information content (AvgIpc) is 2.96. The molecule has 0 aromatic heterocycles. The summed E-state index contributed by atoms with van der Waals surface area (Å²) in [6, 6.07) is 4.70. The predicted molar refractivity (Wildman–Crippen MR) is 87.8 cm³/mol. The number of hydrogen-bond donors (Lipinski definition) is 2. The lowest BCUT2D eigenvalue weighted by atomic mass is 9.99. The predicted octanol–water partition coefficient (Wildman–Crippen LogP) is 4.32. The number of benzene rings is 2. The van der Waals surface area contributed by atoms with Crippen LogP contribution in [-0.2, 0) is 12.4 Å². The molecule has 0 unspecified atom stereocenters. The summed E-state index contributed by atoms with van der Waals surface area (Å²) in [5.41, 5.74) is -1.97. The first kappa shape index (κ1) is 20.1. The molecule has 1 aliphatic heterocycles. The molecule has 0 aliphatic carbocycles. The summed E-state index contributed by atoms with van der Waals surface area (Å²) in [4.78, 5) is 0.0171. The van der Waals surface area contributed by atoms with Crippen LogP contribution in [0.1, 0.15) is 16.7 Å². The Kier molecular flexibility index (Phi) is 4.84. The van der Waals surface area contributed by atoms with Gasteiger partial charge >= 0.3 is 12.4 Å². The molecule has 0 amide bonds. The number of phenolic OH excluding ortho intramolecular Hbond substituents is 1. The molecule has 28 heavy (non-hydrogen) atoms. The first-order chi connectivity index (χ1) is 12.9. The van der Waals surface area contributed by atoms with Crippen molar-refractivity contribution < 1.29 is 36.3 Å². The van der Waals surface area contributed by atoms with Gasteiger partial charge in [-0.25, -0.2) is 0 Å². The molecule has 12 heteroatoms. The van der Waals surface area contributed by atoms with Gasteiger partial charge in [-0.3, -0.25) is 0 Å². The van der Waals surface area contributed by atoms with E-state index in [2.05, 4.69) is 5.43 Å². The van der Waals surface area contributed by atoms with Crippen LogP contribution in [0.5, 0.6) is 5.75 Å². The number of nitrogens with one attached hydrogen (secondary N) is 1. The second kappa shape index (κ2) is 6.74. The lowest BCUT2D eigenvalue weighted by molar-refractivity contribution is -0.470. The van der Waals surface area contributed by atoms with Crippen LogP contribution < -0.4 is 10.5 Å². The van der Waals surface area contributed by atoms with Gasteiger partial charge in [0.2, 0.25) is 5.71 Å². The van der Waals surface area contributed by atoms with Crippen molar-refractivity contribution in [3.05, 3.63) is 63.3 Å². The highest BCUT2D eigenvalue weighted by Crippen LogP contribution is 2.38. The van der Waals surface area contributed by atoms with Gasteiger partial charge in [0, 0.05) is 5.02 Å². The minimum absolute atomic E-state index is 0.0171. The van der Waals surface area contributed by atoms with E-state index in [1.807, 2.05) is 0 Å². The van der Waals surface area contributed by atoms with E-state index in [1.165, 1.54) is 18.2 Å². The number of hydrogen-bond acceptors (Lipinski definition) is 4. The molecule has 0 bridgehead atoms. The van der Waals surface area contributed by atoms with Crippen molar-refractivity contribution in [2.45, 2.75) is 12.4 Å². The van der Waals surface area contributed by atoms with Gasteiger partial charge in [-0.05, 0) is 36.4 Å². The normalized spacial score (nSPS) is 15.5. The van der Waals surface area contributed by atoms with Crippen LogP contribution in [0.15, 0.2) is 36.4 Å². The molecule has 0 saturated heterocycles. The van der Waals surface area contributed by atoms with Gasteiger partial charge in [0.15, 0.2) is 5.69 Å². The molecular formula is C16H10ClF6N3O2. The molecule has 2 aromatic rings. The molecule has 0 saturated carbocycles. The summed E-state index contributed by atoms with van der Waals surface area (Å²) >= 11 is 5.79. The van der Waals surface area contributed by atoms with Crippen molar-refractivity contribution in [2.24, 2.45) is 0 Å². The topological polar surface area (TPSA) is 61.6 Å². The second-order valence-electron chi connectivity index (χ2n) is 5.76. The number of rotatable bonds is 2. The zero-order valence-electron chi connectivity index (χ0n) is 13.6. The van der Waals surface area contributed by atoms with E-state index in [0.29, 0.717) is 17.3 Å². The van der Waals surface area contributed by atoms with Crippen LogP contribution in [0.4, 0.5) is 32.0 Å². The minimum Gasteiger partial charge on any atom is -0.595 e. The van der Waals surface area contributed by atoms with Crippen molar-refractivity contribution in [2.75, 3.05) is 11.7 Å². The number of aromatic hydroxyl groups is 1. The van der Waals surface area contributed by atoms with E-state index in [0.717, 1.165) is 0 Å². The zero-order chi connectivity index (χ0) is 20.9. The molecule has 1 heterocycles. The Bertz CT molecular complexity index is 958. The van der Waals surface area contributed by atoms with E-state index in [9.17, 15) is 36.7 Å². The van der Waals surface area contributed by atoms with Gasteiger partial charge < -0.3 is 10.3 Å². The molecule has 1 aliphatic rings. The van der Waals surface area contributed by atoms with Gasteiger partial charge in [0.25, 0.3) is 0 Å². The molecule has 0 atom stereocenters. The lowest BCUT2D eigenvalue weighted by Crippen LogP contribution is -2.36. The number of nitrogens with zero attached hydrogens (tertiary/aromatic N) is 2. The van der Waals surface area contributed by atoms with E-state index >= 15 is 0 Å². The molecule has 5 nitrogen and oxygen atoms in total. The number of phenols is 1. The molecule has 0 spiro atoms. The van der Waals surface area contributed by atoms with E-state index in [1.54, 1.807) is 0 Å². The van der Waals surface area contributed by atoms with Crippen LogP contribution >= 0.6 is 11.6 Å². The fourth-order valence-electron chi connectivity index (χ4n) is 2.66. The fourth-order valence-corrected chi connectivity index (χ4v) is 2.82. The Morgan fingerprint density at radius 2 is 1.71 bits per heavy atom. The highest BCUT2D eigenvalue weighted by molar-refractivity contribution is 6.30. The summed E-state index contributed by atoms with van der Waals surface area (Å²) < 4.78 is 78.4. The van der Waals surface area contributed by atoms with E-state index < -0.39 is 41.3 Å². The molecule has 0 fully saturated rings. The molecule has 0 radical (unpaired) electrons. The molecule has 150 valence electrons. The highest BCUT2D eigenvalue weighted by Gasteiger charge is 2.42.